The zero-order valence-corrected chi connectivity index (χ0v) is 15.2. The Morgan fingerprint density at radius 2 is 1.84 bits per heavy atom. The van der Waals surface area contributed by atoms with E-state index < -0.39 is 0 Å². The number of ether oxygens (including phenoxy) is 1. The molecule has 0 fully saturated rings. The molecule has 0 aromatic heterocycles. The van der Waals surface area contributed by atoms with Crippen molar-refractivity contribution in [3.05, 3.63) is 58.6 Å². The summed E-state index contributed by atoms with van der Waals surface area (Å²) in [6.07, 6.45) is 0. The van der Waals surface area contributed by atoms with Gasteiger partial charge in [0, 0.05) is 33.4 Å². The average molecular weight is 358 g/mol. The van der Waals surface area contributed by atoms with E-state index in [-0.39, 0.29) is 12.5 Å². The van der Waals surface area contributed by atoms with Gasteiger partial charge in [-0.3, -0.25) is 4.79 Å². The van der Waals surface area contributed by atoms with Crippen molar-refractivity contribution in [3.63, 3.8) is 0 Å². The van der Waals surface area contributed by atoms with Crippen LogP contribution in [0.15, 0.2) is 42.5 Å². The molecule has 6 heteroatoms. The van der Waals surface area contributed by atoms with Crippen LogP contribution in [0, 0.1) is 11.3 Å². The van der Waals surface area contributed by atoms with E-state index in [9.17, 15) is 4.79 Å². The van der Waals surface area contributed by atoms with Gasteiger partial charge in [0.15, 0.2) is 6.61 Å². The Kier molecular flexibility index (Phi) is 6.26. The van der Waals surface area contributed by atoms with Crippen LogP contribution < -0.4 is 9.64 Å². The molecule has 25 heavy (non-hydrogen) atoms. The quantitative estimate of drug-likeness (QED) is 0.795. The third-order valence-corrected chi connectivity index (χ3v) is 4.01. The molecular weight excluding hydrogens is 338 g/mol. The third-order valence-electron chi connectivity index (χ3n) is 3.71. The lowest BCUT2D eigenvalue weighted by molar-refractivity contribution is -0.132. The molecule has 1 amide bonds. The van der Waals surface area contributed by atoms with Gasteiger partial charge in [-0.1, -0.05) is 23.7 Å². The van der Waals surface area contributed by atoms with Crippen LogP contribution in [0.3, 0.4) is 0 Å². The van der Waals surface area contributed by atoms with Crippen molar-refractivity contribution in [1.29, 1.82) is 5.26 Å². The third kappa shape index (κ3) is 5.13. The van der Waals surface area contributed by atoms with E-state index in [4.69, 9.17) is 21.6 Å². The summed E-state index contributed by atoms with van der Waals surface area (Å²) in [5.41, 5.74) is 2.59. The monoisotopic (exact) mass is 357 g/mol. The lowest BCUT2D eigenvalue weighted by Crippen LogP contribution is -2.31. The lowest BCUT2D eigenvalue weighted by Gasteiger charge is -2.19. The SMILES string of the molecule is CN(Cc1ccc(N(C)C)cc1)C(=O)COc1ccc(C#N)cc1Cl. The van der Waals surface area contributed by atoms with E-state index in [2.05, 4.69) is 0 Å². The van der Waals surface area contributed by atoms with Gasteiger partial charge in [0.25, 0.3) is 5.91 Å². The number of hydrogen-bond acceptors (Lipinski definition) is 4. The number of carbonyl (C=O) groups is 1. The molecule has 0 atom stereocenters. The highest BCUT2D eigenvalue weighted by molar-refractivity contribution is 6.32. The number of hydrogen-bond donors (Lipinski definition) is 0. The summed E-state index contributed by atoms with van der Waals surface area (Å²) in [6.45, 7) is 0.384. The lowest BCUT2D eigenvalue weighted by atomic mass is 10.2. The fourth-order valence-electron chi connectivity index (χ4n) is 2.20. The first kappa shape index (κ1) is 18.6. The molecule has 0 unspecified atom stereocenters. The average Bonchev–Trinajstić information content (AvgIpc) is 2.60. The van der Waals surface area contributed by atoms with Crippen LogP contribution in [-0.4, -0.2) is 38.6 Å². The molecule has 0 saturated heterocycles. The van der Waals surface area contributed by atoms with Crippen molar-refractivity contribution < 1.29 is 9.53 Å². The van der Waals surface area contributed by atoms with Crippen LogP contribution in [-0.2, 0) is 11.3 Å². The highest BCUT2D eigenvalue weighted by Gasteiger charge is 2.12. The molecular formula is C19H20ClN3O2. The molecule has 5 nitrogen and oxygen atoms in total. The minimum absolute atomic E-state index is 0.113. The Balaban J connectivity index is 1.91. The molecule has 2 rings (SSSR count). The standard InChI is InChI=1S/C19H20ClN3O2/c1-22(2)16-7-4-14(5-8-16)12-23(3)19(24)13-25-18-9-6-15(11-21)10-17(18)20/h4-10H,12-13H2,1-3H3. The number of halogens is 1. The number of nitrogens with zero attached hydrogens (tertiary/aromatic N) is 3. The number of amides is 1. The van der Waals surface area contributed by atoms with Crippen LogP contribution in [0.25, 0.3) is 0 Å². The number of carbonyl (C=O) groups excluding carboxylic acids is 1. The van der Waals surface area contributed by atoms with Gasteiger partial charge < -0.3 is 14.5 Å². The Morgan fingerprint density at radius 1 is 1.16 bits per heavy atom. The summed E-state index contributed by atoms with van der Waals surface area (Å²) >= 11 is 6.04. The Morgan fingerprint density at radius 3 is 2.40 bits per heavy atom. The van der Waals surface area contributed by atoms with Gasteiger partial charge in [-0.05, 0) is 35.9 Å². The van der Waals surface area contributed by atoms with E-state index in [0.717, 1.165) is 11.3 Å². The van der Waals surface area contributed by atoms with Crippen LogP contribution in [0.4, 0.5) is 5.69 Å². The van der Waals surface area contributed by atoms with E-state index in [1.54, 1.807) is 24.1 Å². The summed E-state index contributed by atoms with van der Waals surface area (Å²) in [5, 5.41) is 9.13. The van der Waals surface area contributed by atoms with Gasteiger partial charge in [0.1, 0.15) is 5.75 Å². The Bertz CT molecular complexity index is 782. The smallest absolute Gasteiger partial charge is 0.260 e. The van der Waals surface area contributed by atoms with Crippen LogP contribution in [0.5, 0.6) is 5.75 Å². The van der Waals surface area contributed by atoms with Gasteiger partial charge in [-0.2, -0.15) is 5.26 Å². The molecule has 2 aromatic carbocycles. The number of benzene rings is 2. The molecule has 0 aliphatic rings. The molecule has 0 aliphatic carbocycles. The summed E-state index contributed by atoms with van der Waals surface area (Å²) < 4.78 is 5.47. The normalized spacial score (nSPS) is 10.0. The van der Waals surface area contributed by atoms with E-state index in [0.29, 0.717) is 22.9 Å². The first-order valence-corrected chi connectivity index (χ1v) is 8.11. The zero-order valence-electron chi connectivity index (χ0n) is 14.5. The van der Waals surface area contributed by atoms with Crippen molar-refractivity contribution in [2.24, 2.45) is 0 Å². The maximum absolute atomic E-state index is 12.2. The predicted octanol–water partition coefficient (Wildman–Crippen LogP) is 3.32. The van der Waals surface area contributed by atoms with Gasteiger partial charge in [-0.25, -0.2) is 0 Å². The highest BCUT2D eigenvalue weighted by atomic mass is 35.5. The molecule has 0 N–H and O–H groups in total. The first-order valence-electron chi connectivity index (χ1n) is 7.73. The van der Waals surface area contributed by atoms with Gasteiger partial charge in [0.05, 0.1) is 16.7 Å². The fourth-order valence-corrected chi connectivity index (χ4v) is 2.43. The van der Waals surface area contributed by atoms with E-state index >= 15 is 0 Å². The molecule has 0 spiro atoms. The second kappa shape index (κ2) is 8.41. The zero-order chi connectivity index (χ0) is 18.4. The number of anilines is 1. The van der Waals surface area contributed by atoms with E-state index in [1.165, 1.54) is 6.07 Å². The molecule has 0 radical (unpaired) electrons. The maximum Gasteiger partial charge on any atom is 0.260 e. The first-order chi connectivity index (χ1) is 11.9. The number of likely N-dealkylation sites (N-methyl/N-ethyl adjacent to an activating group) is 1. The van der Waals surface area contributed by atoms with E-state index in [1.807, 2.05) is 49.3 Å². The second-order valence-electron chi connectivity index (χ2n) is 5.86. The molecule has 0 saturated carbocycles. The minimum Gasteiger partial charge on any atom is -0.482 e. The largest absolute Gasteiger partial charge is 0.482 e. The Hall–Kier alpha value is -2.71. The number of rotatable bonds is 6. The molecule has 0 aliphatic heterocycles. The topological polar surface area (TPSA) is 56.6 Å². The Labute approximate surface area is 153 Å². The van der Waals surface area contributed by atoms with Crippen molar-refractivity contribution in [1.82, 2.24) is 4.90 Å². The summed E-state index contributed by atoms with van der Waals surface area (Å²) in [4.78, 5) is 15.8. The second-order valence-corrected chi connectivity index (χ2v) is 6.26. The van der Waals surface area contributed by atoms with Crippen LogP contribution >= 0.6 is 11.6 Å². The highest BCUT2D eigenvalue weighted by Crippen LogP contribution is 2.25. The minimum atomic E-state index is -0.155. The van der Waals surface area contributed by atoms with Gasteiger partial charge in [-0.15, -0.1) is 0 Å². The van der Waals surface area contributed by atoms with Crippen molar-refractivity contribution in [2.75, 3.05) is 32.6 Å². The summed E-state index contributed by atoms with van der Waals surface area (Å²) in [7, 11) is 5.69. The van der Waals surface area contributed by atoms with Crippen molar-refractivity contribution in [2.45, 2.75) is 6.54 Å². The van der Waals surface area contributed by atoms with Crippen LogP contribution in [0.2, 0.25) is 5.02 Å². The predicted molar refractivity (Wildman–Crippen MR) is 98.9 cm³/mol. The molecule has 2 aromatic rings. The summed E-state index contributed by atoms with van der Waals surface area (Å²) in [5.74, 6) is 0.231. The summed E-state index contributed by atoms with van der Waals surface area (Å²) in [6, 6.07) is 14.7. The molecule has 0 heterocycles. The van der Waals surface area contributed by atoms with Crippen molar-refractivity contribution >= 4 is 23.2 Å². The number of nitriles is 1. The molecule has 130 valence electrons. The fraction of sp³-hybridized carbons (Fsp3) is 0.263. The van der Waals surface area contributed by atoms with Crippen LogP contribution in [0.1, 0.15) is 11.1 Å². The maximum atomic E-state index is 12.2. The molecule has 0 bridgehead atoms. The van der Waals surface area contributed by atoms with Gasteiger partial charge in [0.2, 0.25) is 0 Å². The van der Waals surface area contributed by atoms with Gasteiger partial charge >= 0.3 is 0 Å². The van der Waals surface area contributed by atoms with Crippen molar-refractivity contribution in [3.8, 4) is 11.8 Å².